The Bertz CT molecular complexity index is 360. The normalized spacial score (nSPS) is 14.6. The standard InChI is InChI=1S/C15H26N2/c1-6-8-9-10-15(5,7-2)14-12(3)13(4)16-11-17-14/h11H,6-10H2,1-5H3. The molecule has 2 heteroatoms. The van der Waals surface area contributed by atoms with E-state index in [4.69, 9.17) is 0 Å². The Morgan fingerprint density at radius 2 is 1.82 bits per heavy atom. The average molecular weight is 234 g/mol. The molecule has 0 aromatic carbocycles. The number of rotatable bonds is 6. The molecule has 1 atom stereocenters. The van der Waals surface area contributed by atoms with Crippen molar-refractivity contribution in [3.63, 3.8) is 0 Å². The highest BCUT2D eigenvalue weighted by Gasteiger charge is 2.27. The van der Waals surface area contributed by atoms with Gasteiger partial charge in [-0.05, 0) is 32.3 Å². The molecule has 1 heterocycles. The Hall–Kier alpha value is -0.920. The monoisotopic (exact) mass is 234 g/mol. The number of nitrogens with zero attached hydrogens (tertiary/aromatic N) is 2. The van der Waals surface area contributed by atoms with Gasteiger partial charge < -0.3 is 0 Å². The number of hydrogen-bond acceptors (Lipinski definition) is 2. The SMILES string of the molecule is CCCCCC(C)(CC)c1ncnc(C)c1C. The fourth-order valence-electron chi connectivity index (χ4n) is 2.37. The van der Waals surface area contributed by atoms with Crippen LogP contribution in [-0.2, 0) is 5.41 Å². The third kappa shape index (κ3) is 3.27. The van der Waals surface area contributed by atoms with Gasteiger partial charge in [-0.25, -0.2) is 9.97 Å². The van der Waals surface area contributed by atoms with Gasteiger partial charge in [0, 0.05) is 11.1 Å². The first-order valence-corrected chi connectivity index (χ1v) is 6.83. The lowest BCUT2D eigenvalue weighted by Gasteiger charge is -2.29. The van der Waals surface area contributed by atoms with Gasteiger partial charge in [-0.1, -0.05) is 40.0 Å². The van der Waals surface area contributed by atoms with Crippen LogP contribution in [-0.4, -0.2) is 9.97 Å². The Morgan fingerprint density at radius 1 is 1.12 bits per heavy atom. The summed E-state index contributed by atoms with van der Waals surface area (Å²) >= 11 is 0. The quantitative estimate of drug-likeness (QED) is 0.684. The van der Waals surface area contributed by atoms with Gasteiger partial charge in [0.05, 0.1) is 5.69 Å². The summed E-state index contributed by atoms with van der Waals surface area (Å²) in [4.78, 5) is 8.82. The third-order valence-corrected chi connectivity index (χ3v) is 4.02. The van der Waals surface area contributed by atoms with E-state index in [1.54, 1.807) is 6.33 Å². The van der Waals surface area contributed by atoms with Crippen molar-refractivity contribution >= 4 is 0 Å². The summed E-state index contributed by atoms with van der Waals surface area (Å²) in [5.41, 5.74) is 3.86. The minimum Gasteiger partial charge on any atom is -0.241 e. The van der Waals surface area contributed by atoms with E-state index in [1.165, 1.54) is 36.9 Å². The van der Waals surface area contributed by atoms with Crippen LogP contribution in [0.3, 0.4) is 0 Å². The van der Waals surface area contributed by atoms with E-state index in [1.807, 2.05) is 0 Å². The van der Waals surface area contributed by atoms with E-state index >= 15 is 0 Å². The van der Waals surface area contributed by atoms with Crippen molar-refractivity contribution in [1.82, 2.24) is 9.97 Å². The molecular formula is C15H26N2. The topological polar surface area (TPSA) is 25.8 Å². The Kier molecular flexibility index (Phi) is 5.10. The van der Waals surface area contributed by atoms with E-state index in [9.17, 15) is 0 Å². The zero-order valence-electron chi connectivity index (χ0n) is 12.0. The van der Waals surface area contributed by atoms with Crippen LogP contribution >= 0.6 is 0 Å². The first-order chi connectivity index (χ1) is 8.05. The van der Waals surface area contributed by atoms with Gasteiger partial charge in [0.15, 0.2) is 0 Å². The van der Waals surface area contributed by atoms with Gasteiger partial charge in [-0.3, -0.25) is 0 Å². The van der Waals surface area contributed by atoms with Crippen LogP contribution in [0.25, 0.3) is 0 Å². The Morgan fingerprint density at radius 3 is 2.41 bits per heavy atom. The number of hydrogen-bond donors (Lipinski definition) is 0. The van der Waals surface area contributed by atoms with Crippen molar-refractivity contribution in [1.29, 1.82) is 0 Å². The average Bonchev–Trinajstić information content (AvgIpc) is 2.33. The third-order valence-electron chi connectivity index (χ3n) is 4.02. The molecule has 0 N–H and O–H groups in total. The molecule has 1 rings (SSSR count). The molecule has 0 amide bonds. The van der Waals surface area contributed by atoms with Crippen LogP contribution in [0, 0.1) is 13.8 Å². The highest BCUT2D eigenvalue weighted by molar-refractivity contribution is 5.28. The van der Waals surface area contributed by atoms with Crippen LogP contribution < -0.4 is 0 Å². The molecule has 1 aromatic rings. The molecule has 0 radical (unpaired) electrons. The van der Waals surface area contributed by atoms with Crippen molar-refractivity contribution in [3.05, 3.63) is 23.3 Å². The predicted octanol–water partition coefficient (Wildman–Crippen LogP) is 4.34. The van der Waals surface area contributed by atoms with Crippen molar-refractivity contribution in [2.75, 3.05) is 0 Å². The van der Waals surface area contributed by atoms with Crippen molar-refractivity contribution in [2.24, 2.45) is 0 Å². The second-order valence-corrected chi connectivity index (χ2v) is 5.30. The lowest BCUT2D eigenvalue weighted by molar-refractivity contribution is 0.384. The van der Waals surface area contributed by atoms with E-state index in [0.717, 1.165) is 12.1 Å². The van der Waals surface area contributed by atoms with Crippen LogP contribution in [0.5, 0.6) is 0 Å². The van der Waals surface area contributed by atoms with E-state index in [0.29, 0.717) is 0 Å². The van der Waals surface area contributed by atoms with Crippen LogP contribution in [0.2, 0.25) is 0 Å². The summed E-state index contributed by atoms with van der Waals surface area (Å²) in [6, 6.07) is 0. The molecule has 0 saturated carbocycles. The largest absolute Gasteiger partial charge is 0.241 e. The minimum atomic E-state index is 0.215. The maximum Gasteiger partial charge on any atom is 0.115 e. The molecule has 0 spiro atoms. The Labute approximate surface area is 106 Å². The summed E-state index contributed by atoms with van der Waals surface area (Å²) in [7, 11) is 0. The fraction of sp³-hybridized carbons (Fsp3) is 0.733. The van der Waals surface area contributed by atoms with Gasteiger partial charge >= 0.3 is 0 Å². The van der Waals surface area contributed by atoms with E-state index < -0.39 is 0 Å². The molecule has 1 aromatic heterocycles. The molecule has 0 saturated heterocycles. The summed E-state index contributed by atoms with van der Waals surface area (Å²) in [5, 5.41) is 0. The second kappa shape index (κ2) is 6.13. The molecule has 0 aliphatic carbocycles. The summed E-state index contributed by atoms with van der Waals surface area (Å²) < 4.78 is 0. The maximum absolute atomic E-state index is 4.55. The summed E-state index contributed by atoms with van der Waals surface area (Å²) in [5.74, 6) is 0. The van der Waals surface area contributed by atoms with Crippen LogP contribution in [0.15, 0.2) is 6.33 Å². The molecular weight excluding hydrogens is 208 g/mol. The molecule has 0 aliphatic heterocycles. The molecule has 0 bridgehead atoms. The highest BCUT2D eigenvalue weighted by Crippen LogP contribution is 2.34. The number of unbranched alkanes of at least 4 members (excludes halogenated alkanes) is 2. The van der Waals surface area contributed by atoms with Gasteiger partial charge in [0.1, 0.15) is 6.33 Å². The molecule has 0 fully saturated rings. The van der Waals surface area contributed by atoms with Gasteiger partial charge in [-0.15, -0.1) is 0 Å². The molecule has 2 nitrogen and oxygen atoms in total. The zero-order chi connectivity index (χ0) is 12.9. The molecule has 17 heavy (non-hydrogen) atoms. The summed E-state index contributed by atoms with van der Waals surface area (Å²) in [6.07, 6.45) is 7.98. The predicted molar refractivity (Wildman–Crippen MR) is 73.3 cm³/mol. The fourth-order valence-corrected chi connectivity index (χ4v) is 2.37. The highest BCUT2D eigenvalue weighted by atomic mass is 14.9. The summed E-state index contributed by atoms with van der Waals surface area (Å²) in [6.45, 7) is 11.1. The first-order valence-electron chi connectivity index (χ1n) is 6.83. The van der Waals surface area contributed by atoms with Crippen molar-refractivity contribution in [2.45, 2.75) is 72.1 Å². The molecule has 96 valence electrons. The van der Waals surface area contributed by atoms with Gasteiger partial charge in [-0.2, -0.15) is 0 Å². The van der Waals surface area contributed by atoms with Crippen molar-refractivity contribution in [3.8, 4) is 0 Å². The Balaban J connectivity index is 2.95. The van der Waals surface area contributed by atoms with Crippen molar-refractivity contribution < 1.29 is 0 Å². The second-order valence-electron chi connectivity index (χ2n) is 5.30. The maximum atomic E-state index is 4.55. The zero-order valence-corrected chi connectivity index (χ0v) is 12.0. The number of aryl methyl sites for hydroxylation is 1. The smallest absolute Gasteiger partial charge is 0.115 e. The molecule has 0 aliphatic rings. The lowest BCUT2D eigenvalue weighted by Crippen LogP contribution is -2.24. The number of aromatic nitrogens is 2. The van der Waals surface area contributed by atoms with Gasteiger partial charge in [0.2, 0.25) is 0 Å². The lowest BCUT2D eigenvalue weighted by atomic mass is 9.77. The van der Waals surface area contributed by atoms with Gasteiger partial charge in [0.25, 0.3) is 0 Å². The van der Waals surface area contributed by atoms with E-state index in [-0.39, 0.29) is 5.41 Å². The molecule has 1 unspecified atom stereocenters. The minimum absolute atomic E-state index is 0.215. The van der Waals surface area contributed by atoms with E-state index in [2.05, 4.69) is 44.6 Å². The first kappa shape index (κ1) is 14.1. The van der Waals surface area contributed by atoms with Crippen LogP contribution in [0.1, 0.15) is 69.8 Å². The van der Waals surface area contributed by atoms with Crippen LogP contribution in [0.4, 0.5) is 0 Å².